The van der Waals surface area contributed by atoms with Gasteiger partial charge in [-0.1, -0.05) is 47.6 Å². The Morgan fingerprint density at radius 1 is 1.12 bits per heavy atom. The number of rotatable bonds is 4. The first-order valence-corrected chi connectivity index (χ1v) is 8.05. The van der Waals surface area contributed by atoms with Gasteiger partial charge in [-0.3, -0.25) is 9.59 Å². The fraction of sp³-hybridized carbons (Fsp3) is 0.100. The molecule has 3 aromatic rings. The summed E-state index contributed by atoms with van der Waals surface area (Å²) in [4.78, 5) is 25.2. The zero-order valence-corrected chi connectivity index (χ0v) is 13.6. The van der Waals surface area contributed by atoms with Crippen LogP contribution in [-0.2, 0) is 11.2 Å². The molecule has 1 atom stereocenters. The van der Waals surface area contributed by atoms with Gasteiger partial charge in [0.25, 0.3) is 0 Å². The zero-order valence-electron chi connectivity index (χ0n) is 13.6. The van der Waals surface area contributed by atoms with Crippen LogP contribution in [0.1, 0.15) is 21.6 Å². The Labute approximate surface area is 149 Å². The molecule has 0 saturated heterocycles. The van der Waals surface area contributed by atoms with Crippen LogP contribution < -0.4 is 5.32 Å². The Morgan fingerprint density at radius 2 is 1.85 bits per heavy atom. The molecule has 0 bridgehead atoms. The molecular weight excluding hydrogens is 330 g/mol. The molecule has 4 rings (SSSR count). The summed E-state index contributed by atoms with van der Waals surface area (Å²) in [5.41, 5.74) is 3.11. The van der Waals surface area contributed by atoms with Gasteiger partial charge < -0.3 is 9.84 Å². The molecule has 1 aliphatic rings. The fourth-order valence-corrected chi connectivity index (χ4v) is 3.07. The van der Waals surface area contributed by atoms with Crippen LogP contribution in [0.25, 0.3) is 11.3 Å². The molecule has 1 aromatic heterocycles. The summed E-state index contributed by atoms with van der Waals surface area (Å²) < 4.78 is 5.34. The molecule has 0 spiro atoms. The molecule has 1 N–H and O–H groups in total. The maximum Gasteiger partial charge on any atom is 0.249 e. The standard InChI is InChI=1S/C20H13N3O3/c21-11-16(20(25)22-13-7-2-1-3-8-13)18(24)17-15-10-12-6-4-5-9-14(12)19(15)26-23-17/h1-9,16H,10H2,(H,22,25). The van der Waals surface area contributed by atoms with Crippen molar-refractivity contribution in [3.8, 4) is 17.4 Å². The van der Waals surface area contributed by atoms with Crippen molar-refractivity contribution in [3.63, 3.8) is 0 Å². The van der Waals surface area contributed by atoms with Gasteiger partial charge >= 0.3 is 0 Å². The topological polar surface area (TPSA) is 96.0 Å². The summed E-state index contributed by atoms with van der Waals surface area (Å²) in [5, 5.41) is 15.8. The van der Waals surface area contributed by atoms with E-state index < -0.39 is 17.6 Å². The molecule has 0 aliphatic heterocycles. The van der Waals surface area contributed by atoms with Crippen LogP contribution in [0.15, 0.2) is 59.1 Å². The van der Waals surface area contributed by atoms with Gasteiger partial charge in [0.05, 0.1) is 6.07 Å². The van der Waals surface area contributed by atoms with E-state index in [1.807, 2.05) is 24.3 Å². The van der Waals surface area contributed by atoms with E-state index in [9.17, 15) is 14.9 Å². The normalized spacial score (nSPS) is 12.6. The number of fused-ring (bicyclic) bond motifs is 3. The highest BCUT2D eigenvalue weighted by atomic mass is 16.5. The van der Waals surface area contributed by atoms with Crippen molar-refractivity contribution < 1.29 is 14.1 Å². The minimum atomic E-state index is -1.49. The summed E-state index contributed by atoms with van der Waals surface area (Å²) in [6.45, 7) is 0. The van der Waals surface area contributed by atoms with Gasteiger partial charge in [-0.15, -0.1) is 0 Å². The lowest BCUT2D eigenvalue weighted by molar-refractivity contribution is -0.117. The molecule has 26 heavy (non-hydrogen) atoms. The van der Waals surface area contributed by atoms with E-state index in [1.54, 1.807) is 36.4 Å². The summed E-state index contributed by atoms with van der Waals surface area (Å²) in [6, 6.07) is 18.1. The van der Waals surface area contributed by atoms with Gasteiger partial charge in [-0.25, -0.2) is 0 Å². The minimum absolute atomic E-state index is 0.0472. The Hall–Kier alpha value is -3.72. The second-order valence-electron chi connectivity index (χ2n) is 5.95. The van der Waals surface area contributed by atoms with Crippen LogP contribution in [0.2, 0.25) is 0 Å². The lowest BCUT2D eigenvalue weighted by Crippen LogP contribution is -2.29. The zero-order chi connectivity index (χ0) is 18.1. The first-order valence-electron chi connectivity index (χ1n) is 8.05. The van der Waals surface area contributed by atoms with Crippen molar-refractivity contribution >= 4 is 17.4 Å². The van der Waals surface area contributed by atoms with Crippen LogP contribution in [0, 0.1) is 17.2 Å². The Balaban J connectivity index is 1.61. The number of carbonyl (C=O) groups excluding carboxylic acids is 2. The van der Waals surface area contributed by atoms with Crippen LogP contribution in [0.4, 0.5) is 5.69 Å². The lowest BCUT2D eigenvalue weighted by atomic mass is 9.98. The third kappa shape index (κ3) is 2.56. The number of amides is 1. The molecule has 0 saturated carbocycles. The average Bonchev–Trinajstić information content (AvgIpc) is 3.22. The van der Waals surface area contributed by atoms with Crippen molar-refractivity contribution in [1.82, 2.24) is 5.16 Å². The third-order valence-electron chi connectivity index (χ3n) is 4.35. The van der Waals surface area contributed by atoms with Crippen LogP contribution in [0.3, 0.4) is 0 Å². The molecule has 1 aliphatic carbocycles. The minimum Gasteiger partial charge on any atom is -0.355 e. The van der Waals surface area contributed by atoms with E-state index in [2.05, 4.69) is 10.5 Å². The summed E-state index contributed by atoms with van der Waals surface area (Å²) >= 11 is 0. The maximum atomic E-state index is 12.8. The SMILES string of the molecule is N#CC(C(=O)Nc1ccccc1)C(=O)c1noc2c1Cc1ccccc1-2. The van der Waals surface area contributed by atoms with Gasteiger partial charge in [0.1, 0.15) is 0 Å². The highest BCUT2D eigenvalue weighted by Gasteiger charge is 2.35. The van der Waals surface area contributed by atoms with Crippen molar-refractivity contribution in [2.24, 2.45) is 5.92 Å². The number of benzene rings is 2. The van der Waals surface area contributed by atoms with Crippen molar-refractivity contribution in [2.75, 3.05) is 5.32 Å². The number of anilines is 1. The fourth-order valence-electron chi connectivity index (χ4n) is 3.07. The number of para-hydroxylation sites is 1. The molecule has 1 amide bonds. The van der Waals surface area contributed by atoms with Crippen molar-refractivity contribution in [2.45, 2.75) is 6.42 Å². The predicted octanol–water partition coefficient (Wildman–Crippen LogP) is 3.21. The van der Waals surface area contributed by atoms with Gasteiger partial charge in [-0.2, -0.15) is 5.26 Å². The van der Waals surface area contributed by atoms with Crippen molar-refractivity contribution in [3.05, 3.63) is 71.4 Å². The molecule has 0 radical (unpaired) electrons. The molecule has 1 unspecified atom stereocenters. The van der Waals surface area contributed by atoms with Crippen LogP contribution >= 0.6 is 0 Å². The molecule has 126 valence electrons. The number of nitrogens with one attached hydrogen (secondary N) is 1. The number of carbonyl (C=O) groups is 2. The number of ketones is 1. The second-order valence-corrected chi connectivity index (χ2v) is 5.95. The molecule has 1 heterocycles. The van der Waals surface area contributed by atoms with Crippen molar-refractivity contribution in [1.29, 1.82) is 5.26 Å². The van der Waals surface area contributed by atoms with E-state index >= 15 is 0 Å². The number of nitrogens with zero attached hydrogens (tertiary/aromatic N) is 2. The first-order chi connectivity index (χ1) is 12.7. The Bertz CT molecular complexity index is 1050. The smallest absolute Gasteiger partial charge is 0.249 e. The lowest BCUT2D eigenvalue weighted by Gasteiger charge is -2.08. The predicted molar refractivity (Wildman–Crippen MR) is 93.3 cm³/mol. The number of Topliss-reactive ketones (excluding diaryl/α,β-unsaturated/α-hetero) is 1. The summed E-state index contributed by atoms with van der Waals surface area (Å²) in [6.07, 6.45) is 0.495. The Kier molecular flexibility index (Phi) is 3.82. The second kappa shape index (κ2) is 6.30. The van der Waals surface area contributed by atoms with Crippen LogP contribution in [0.5, 0.6) is 0 Å². The first kappa shape index (κ1) is 15.8. The number of nitriles is 1. The third-order valence-corrected chi connectivity index (χ3v) is 4.35. The van der Waals surface area contributed by atoms with E-state index in [1.165, 1.54) is 0 Å². The van der Waals surface area contributed by atoms with E-state index in [-0.39, 0.29) is 5.69 Å². The summed E-state index contributed by atoms with van der Waals surface area (Å²) in [5.74, 6) is -2.30. The van der Waals surface area contributed by atoms with Gasteiger partial charge in [0, 0.05) is 23.2 Å². The largest absolute Gasteiger partial charge is 0.355 e. The summed E-state index contributed by atoms with van der Waals surface area (Å²) in [7, 11) is 0. The highest BCUT2D eigenvalue weighted by molar-refractivity contribution is 6.15. The molecule has 6 heteroatoms. The molecule has 2 aromatic carbocycles. The average molecular weight is 343 g/mol. The van der Waals surface area contributed by atoms with Crippen LogP contribution in [-0.4, -0.2) is 16.8 Å². The maximum absolute atomic E-state index is 12.8. The van der Waals surface area contributed by atoms with E-state index in [0.717, 1.165) is 11.1 Å². The van der Waals surface area contributed by atoms with Gasteiger partial charge in [-0.05, 0) is 17.7 Å². The Morgan fingerprint density at radius 3 is 2.62 bits per heavy atom. The van der Waals surface area contributed by atoms with Gasteiger partial charge in [0.15, 0.2) is 17.4 Å². The van der Waals surface area contributed by atoms with E-state index in [0.29, 0.717) is 23.4 Å². The van der Waals surface area contributed by atoms with E-state index in [4.69, 9.17) is 4.52 Å². The molecule has 0 fully saturated rings. The number of hydrogen-bond donors (Lipinski definition) is 1. The highest BCUT2D eigenvalue weighted by Crippen LogP contribution is 2.38. The number of hydrogen-bond acceptors (Lipinski definition) is 5. The molecule has 6 nitrogen and oxygen atoms in total. The molecular formula is C20H13N3O3. The number of aromatic nitrogens is 1. The quantitative estimate of drug-likeness (QED) is 0.453. The monoisotopic (exact) mass is 343 g/mol. The van der Waals surface area contributed by atoms with Gasteiger partial charge in [0.2, 0.25) is 11.7 Å².